The fourth-order valence-electron chi connectivity index (χ4n) is 0.485. The molecule has 0 aromatic carbocycles. The number of halogens is 1. The molecular weight excluding hydrogens is 156 g/mol. The Hall–Kier alpha value is -0.610. The van der Waals surface area contributed by atoms with Gasteiger partial charge >= 0.3 is 5.35 Å². The van der Waals surface area contributed by atoms with Crippen LogP contribution in [0.1, 0.15) is 12.7 Å². The molecule has 1 heterocycles. The summed E-state index contributed by atoms with van der Waals surface area (Å²) in [6, 6.07) is 0. The van der Waals surface area contributed by atoms with E-state index in [0.717, 1.165) is 0 Å². The Morgan fingerprint density at radius 1 is 1.70 bits per heavy atom. The molecule has 0 spiro atoms. The van der Waals surface area contributed by atoms with Gasteiger partial charge in [0.05, 0.1) is 0 Å². The number of hydrogen-bond acceptors (Lipinski definition) is 4. The molecular formula is C5H7ClN2O2. The van der Waals surface area contributed by atoms with Gasteiger partial charge in [-0.2, -0.15) is 4.98 Å². The zero-order valence-corrected chi connectivity index (χ0v) is 6.26. The molecule has 4 nitrogen and oxygen atoms in total. The molecule has 0 N–H and O–H groups in total. The highest BCUT2D eigenvalue weighted by Gasteiger charge is 2.01. The van der Waals surface area contributed by atoms with Crippen molar-refractivity contribution in [2.45, 2.75) is 13.5 Å². The summed E-state index contributed by atoms with van der Waals surface area (Å²) in [4.78, 5) is 3.71. The summed E-state index contributed by atoms with van der Waals surface area (Å²) in [6.07, 6.45) is 0. The minimum Gasteiger partial charge on any atom is -0.374 e. The Morgan fingerprint density at radius 3 is 3.00 bits per heavy atom. The van der Waals surface area contributed by atoms with E-state index < -0.39 is 0 Å². The Morgan fingerprint density at radius 2 is 2.50 bits per heavy atom. The van der Waals surface area contributed by atoms with E-state index >= 15 is 0 Å². The zero-order valence-electron chi connectivity index (χ0n) is 5.50. The molecule has 0 saturated carbocycles. The molecule has 1 rings (SSSR count). The van der Waals surface area contributed by atoms with Gasteiger partial charge in [-0.25, -0.2) is 0 Å². The largest absolute Gasteiger partial charge is 0.374 e. The zero-order chi connectivity index (χ0) is 7.40. The molecule has 0 unspecified atom stereocenters. The molecule has 10 heavy (non-hydrogen) atoms. The van der Waals surface area contributed by atoms with Crippen LogP contribution < -0.4 is 0 Å². The third-order valence-corrected chi connectivity index (χ3v) is 1.03. The Labute approximate surface area is 63.1 Å². The van der Waals surface area contributed by atoms with Crippen molar-refractivity contribution in [2.24, 2.45) is 0 Å². The van der Waals surface area contributed by atoms with Crippen LogP contribution in [0.15, 0.2) is 4.52 Å². The van der Waals surface area contributed by atoms with Crippen LogP contribution in [-0.4, -0.2) is 16.7 Å². The molecule has 56 valence electrons. The van der Waals surface area contributed by atoms with Crippen LogP contribution in [0.3, 0.4) is 0 Å². The molecule has 1 aromatic rings. The predicted molar refractivity (Wildman–Crippen MR) is 34.6 cm³/mol. The van der Waals surface area contributed by atoms with Crippen LogP contribution in [0.2, 0.25) is 5.35 Å². The van der Waals surface area contributed by atoms with Crippen LogP contribution in [0.25, 0.3) is 0 Å². The SMILES string of the molecule is CCOCc1noc(Cl)n1. The van der Waals surface area contributed by atoms with Gasteiger partial charge in [-0.3, -0.25) is 0 Å². The third kappa shape index (κ3) is 1.97. The van der Waals surface area contributed by atoms with Crippen molar-refractivity contribution in [3.63, 3.8) is 0 Å². The molecule has 1 aromatic heterocycles. The molecule has 0 saturated heterocycles. The van der Waals surface area contributed by atoms with Crippen molar-refractivity contribution < 1.29 is 9.26 Å². The van der Waals surface area contributed by atoms with E-state index in [1.807, 2.05) is 6.92 Å². The lowest BCUT2D eigenvalue weighted by atomic mass is 10.7. The number of aromatic nitrogens is 2. The minimum atomic E-state index is 0.0507. The van der Waals surface area contributed by atoms with Gasteiger partial charge in [-0.15, -0.1) is 0 Å². The van der Waals surface area contributed by atoms with E-state index in [0.29, 0.717) is 19.0 Å². The first-order valence-electron chi connectivity index (χ1n) is 2.88. The third-order valence-electron chi connectivity index (χ3n) is 0.879. The summed E-state index contributed by atoms with van der Waals surface area (Å²) in [5.74, 6) is 0.479. The van der Waals surface area contributed by atoms with Crippen molar-refractivity contribution in [3.05, 3.63) is 11.2 Å². The van der Waals surface area contributed by atoms with Crippen molar-refractivity contribution in [1.29, 1.82) is 0 Å². The second-order valence-electron chi connectivity index (χ2n) is 1.60. The van der Waals surface area contributed by atoms with Gasteiger partial charge in [0.1, 0.15) is 6.61 Å². The van der Waals surface area contributed by atoms with E-state index in [1.165, 1.54) is 0 Å². The lowest BCUT2D eigenvalue weighted by molar-refractivity contribution is 0.126. The van der Waals surface area contributed by atoms with E-state index in [-0.39, 0.29) is 5.35 Å². The number of rotatable bonds is 3. The minimum absolute atomic E-state index is 0.0507. The van der Waals surface area contributed by atoms with E-state index in [4.69, 9.17) is 16.3 Å². The van der Waals surface area contributed by atoms with Gasteiger partial charge in [0.15, 0.2) is 5.82 Å². The van der Waals surface area contributed by atoms with Gasteiger partial charge in [0, 0.05) is 6.61 Å². The molecule has 0 radical (unpaired) electrons. The quantitative estimate of drug-likeness (QED) is 0.672. The smallest absolute Gasteiger partial charge is 0.320 e. The molecule has 5 heteroatoms. The van der Waals surface area contributed by atoms with Gasteiger partial charge in [0.25, 0.3) is 0 Å². The van der Waals surface area contributed by atoms with E-state index in [9.17, 15) is 0 Å². The maximum absolute atomic E-state index is 5.34. The standard InChI is InChI=1S/C5H7ClN2O2/c1-2-9-3-4-7-5(6)10-8-4/h2-3H2,1H3. The molecule has 0 bridgehead atoms. The number of ether oxygens (including phenoxy) is 1. The molecule has 0 aliphatic heterocycles. The van der Waals surface area contributed by atoms with Crippen LogP contribution in [0.4, 0.5) is 0 Å². The van der Waals surface area contributed by atoms with Crippen molar-refractivity contribution in [3.8, 4) is 0 Å². The van der Waals surface area contributed by atoms with Crippen LogP contribution in [-0.2, 0) is 11.3 Å². The Kier molecular flexibility index (Phi) is 2.65. The summed E-state index contributed by atoms with van der Waals surface area (Å²) in [6.45, 7) is 2.88. The molecule has 0 aliphatic carbocycles. The van der Waals surface area contributed by atoms with E-state index in [1.54, 1.807) is 0 Å². The monoisotopic (exact) mass is 162 g/mol. The summed E-state index contributed by atoms with van der Waals surface area (Å²) in [7, 11) is 0. The molecule has 0 amide bonds. The van der Waals surface area contributed by atoms with Crippen LogP contribution >= 0.6 is 11.6 Å². The average Bonchev–Trinajstić information content (AvgIpc) is 2.31. The van der Waals surface area contributed by atoms with Gasteiger partial charge in [0.2, 0.25) is 0 Å². The average molecular weight is 163 g/mol. The molecule has 0 fully saturated rings. The topological polar surface area (TPSA) is 48.2 Å². The van der Waals surface area contributed by atoms with Gasteiger partial charge in [-0.05, 0) is 18.5 Å². The maximum atomic E-state index is 5.34. The molecule has 0 aliphatic rings. The predicted octanol–water partition coefficient (Wildman–Crippen LogP) is 1.26. The number of hydrogen-bond donors (Lipinski definition) is 0. The second kappa shape index (κ2) is 3.53. The lowest BCUT2D eigenvalue weighted by Gasteiger charge is -1.91. The lowest BCUT2D eigenvalue weighted by Crippen LogP contribution is -1.93. The first kappa shape index (κ1) is 7.50. The Balaban J connectivity index is 2.42. The fourth-order valence-corrected chi connectivity index (χ4v) is 0.617. The fraction of sp³-hybridized carbons (Fsp3) is 0.600. The summed E-state index contributed by atoms with van der Waals surface area (Å²) < 4.78 is 9.48. The highest BCUT2D eigenvalue weighted by atomic mass is 35.5. The number of nitrogens with zero attached hydrogens (tertiary/aromatic N) is 2. The van der Waals surface area contributed by atoms with Gasteiger partial charge in [-0.1, -0.05) is 5.16 Å². The normalized spacial score (nSPS) is 10.2. The van der Waals surface area contributed by atoms with Crippen molar-refractivity contribution in [1.82, 2.24) is 10.1 Å². The summed E-state index contributed by atoms with van der Waals surface area (Å²) >= 11 is 5.34. The maximum Gasteiger partial charge on any atom is 0.320 e. The highest BCUT2D eigenvalue weighted by molar-refractivity contribution is 6.27. The van der Waals surface area contributed by atoms with E-state index in [2.05, 4.69) is 14.7 Å². The van der Waals surface area contributed by atoms with Crippen molar-refractivity contribution in [2.75, 3.05) is 6.61 Å². The first-order chi connectivity index (χ1) is 4.83. The van der Waals surface area contributed by atoms with Crippen molar-refractivity contribution >= 4 is 11.6 Å². The second-order valence-corrected chi connectivity index (χ2v) is 1.92. The van der Waals surface area contributed by atoms with Crippen LogP contribution in [0.5, 0.6) is 0 Å². The van der Waals surface area contributed by atoms with Crippen LogP contribution in [0, 0.1) is 0 Å². The van der Waals surface area contributed by atoms with Gasteiger partial charge < -0.3 is 9.26 Å². The molecule has 0 atom stereocenters. The summed E-state index contributed by atoms with van der Waals surface area (Å²) in [5.41, 5.74) is 0. The Bertz CT molecular complexity index is 201. The highest BCUT2D eigenvalue weighted by Crippen LogP contribution is 2.03. The summed E-state index contributed by atoms with van der Waals surface area (Å²) in [5, 5.41) is 3.56. The first-order valence-corrected chi connectivity index (χ1v) is 3.26.